The standard InChI is InChI=1S/C43H36O6/c1-27(48-42(44)40(46-2)37-33-21-11-7-17-29(33)25-30-18-8-12-22-34(30)37)39(28-15-5-4-6-16-28)49-43(45)41(47-3)38-35-23-13-9-19-31(35)26-32-20-10-14-24-36(32)38/h4-27,39-41H,1-3H3/t27-,39+,40+,41+/m0/s1. The highest BCUT2D eigenvalue weighted by molar-refractivity contribution is 6.06. The van der Waals surface area contributed by atoms with Gasteiger partial charge in [-0.1, -0.05) is 127 Å². The topological polar surface area (TPSA) is 71.1 Å². The molecule has 0 heterocycles. The largest absolute Gasteiger partial charge is 0.456 e. The van der Waals surface area contributed by atoms with Crippen molar-refractivity contribution in [2.24, 2.45) is 0 Å². The Kier molecular flexibility index (Phi) is 9.07. The third-order valence-corrected chi connectivity index (χ3v) is 9.15. The van der Waals surface area contributed by atoms with Gasteiger partial charge >= 0.3 is 11.9 Å². The van der Waals surface area contributed by atoms with Crippen molar-refractivity contribution in [1.82, 2.24) is 0 Å². The summed E-state index contributed by atoms with van der Waals surface area (Å²) >= 11 is 0. The van der Waals surface area contributed by atoms with Gasteiger partial charge in [0.15, 0.2) is 18.3 Å². The summed E-state index contributed by atoms with van der Waals surface area (Å²) in [6.45, 7) is 1.73. The van der Waals surface area contributed by atoms with Crippen LogP contribution in [0.15, 0.2) is 140 Å². The monoisotopic (exact) mass is 648 g/mol. The number of fused-ring (bicyclic) bond motifs is 4. The van der Waals surface area contributed by atoms with Gasteiger partial charge in [-0.05, 0) is 67.7 Å². The van der Waals surface area contributed by atoms with Crippen molar-refractivity contribution in [2.75, 3.05) is 14.2 Å². The first-order valence-electron chi connectivity index (χ1n) is 16.3. The number of carbonyl (C=O) groups excluding carboxylic acids is 2. The fraction of sp³-hybridized carbons (Fsp3) is 0.163. The summed E-state index contributed by atoms with van der Waals surface area (Å²) in [4.78, 5) is 28.3. The molecule has 49 heavy (non-hydrogen) atoms. The Morgan fingerprint density at radius 1 is 0.469 bits per heavy atom. The number of rotatable bonds is 10. The minimum atomic E-state index is -1.04. The Labute approximate surface area is 284 Å². The van der Waals surface area contributed by atoms with E-state index in [1.54, 1.807) is 6.92 Å². The van der Waals surface area contributed by atoms with E-state index in [2.05, 4.69) is 12.1 Å². The molecule has 0 saturated heterocycles. The highest BCUT2D eigenvalue weighted by atomic mass is 16.6. The molecule has 4 atom stereocenters. The molecule has 0 N–H and O–H groups in total. The molecule has 0 aromatic heterocycles. The van der Waals surface area contributed by atoms with E-state index in [-0.39, 0.29) is 0 Å². The zero-order valence-corrected chi connectivity index (χ0v) is 27.5. The third-order valence-electron chi connectivity index (χ3n) is 9.15. The van der Waals surface area contributed by atoms with E-state index in [0.29, 0.717) is 5.56 Å². The van der Waals surface area contributed by atoms with Crippen LogP contribution in [0.5, 0.6) is 0 Å². The highest BCUT2D eigenvalue weighted by Crippen LogP contribution is 2.38. The molecule has 0 saturated carbocycles. The van der Waals surface area contributed by atoms with Crippen LogP contribution >= 0.6 is 0 Å². The van der Waals surface area contributed by atoms with Crippen LogP contribution in [-0.4, -0.2) is 32.3 Å². The summed E-state index contributed by atoms with van der Waals surface area (Å²) in [7, 11) is 3.00. The van der Waals surface area contributed by atoms with Crippen LogP contribution < -0.4 is 0 Å². The van der Waals surface area contributed by atoms with Gasteiger partial charge in [0.1, 0.15) is 6.10 Å². The van der Waals surface area contributed by atoms with Crippen molar-refractivity contribution >= 4 is 55.0 Å². The fourth-order valence-corrected chi connectivity index (χ4v) is 6.90. The molecule has 0 amide bonds. The number of methoxy groups -OCH3 is 2. The summed E-state index contributed by atoms with van der Waals surface area (Å²) in [6, 6.07) is 45.1. The van der Waals surface area contributed by atoms with Crippen molar-refractivity contribution in [1.29, 1.82) is 0 Å². The van der Waals surface area contributed by atoms with Crippen molar-refractivity contribution in [3.05, 3.63) is 156 Å². The Hall–Kier alpha value is -5.56. The predicted octanol–water partition coefficient (Wildman–Crippen LogP) is 9.59. The Balaban J connectivity index is 1.23. The second-order valence-corrected chi connectivity index (χ2v) is 12.1. The number of benzene rings is 7. The Morgan fingerprint density at radius 3 is 1.20 bits per heavy atom. The Bertz CT molecular complexity index is 2190. The summed E-state index contributed by atoms with van der Waals surface area (Å²) < 4.78 is 24.2. The predicted molar refractivity (Wildman–Crippen MR) is 193 cm³/mol. The molecular weight excluding hydrogens is 612 g/mol. The molecule has 6 nitrogen and oxygen atoms in total. The summed E-state index contributed by atoms with van der Waals surface area (Å²) in [5.74, 6) is -1.18. The lowest BCUT2D eigenvalue weighted by molar-refractivity contribution is -0.180. The summed E-state index contributed by atoms with van der Waals surface area (Å²) in [5.41, 5.74) is 2.13. The van der Waals surface area contributed by atoms with Gasteiger partial charge in [0.25, 0.3) is 0 Å². The second-order valence-electron chi connectivity index (χ2n) is 12.1. The maximum absolute atomic E-state index is 14.2. The number of carbonyl (C=O) groups is 2. The van der Waals surface area contributed by atoms with Gasteiger partial charge < -0.3 is 18.9 Å². The van der Waals surface area contributed by atoms with E-state index in [0.717, 1.165) is 54.2 Å². The minimum absolute atomic E-state index is 0.586. The van der Waals surface area contributed by atoms with E-state index in [1.807, 2.05) is 127 Å². The van der Waals surface area contributed by atoms with Crippen LogP contribution in [0.3, 0.4) is 0 Å². The maximum Gasteiger partial charge on any atom is 0.340 e. The summed E-state index contributed by atoms with van der Waals surface area (Å²) in [5, 5.41) is 7.53. The van der Waals surface area contributed by atoms with Crippen LogP contribution in [0.1, 0.15) is 41.9 Å². The minimum Gasteiger partial charge on any atom is -0.456 e. The number of hydrogen-bond donors (Lipinski definition) is 0. The molecule has 0 radical (unpaired) electrons. The number of esters is 2. The molecule has 0 spiro atoms. The van der Waals surface area contributed by atoms with Crippen LogP contribution in [0.25, 0.3) is 43.1 Å². The van der Waals surface area contributed by atoms with Crippen molar-refractivity contribution in [3.8, 4) is 0 Å². The molecule has 6 heteroatoms. The van der Waals surface area contributed by atoms with Crippen LogP contribution in [0.4, 0.5) is 0 Å². The zero-order valence-electron chi connectivity index (χ0n) is 27.5. The average molecular weight is 649 g/mol. The lowest BCUT2D eigenvalue weighted by Crippen LogP contribution is -2.31. The van der Waals surface area contributed by atoms with Gasteiger partial charge in [0, 0.05) is 25.3 Å². The normalized spacial score (nSPS) is 14.0. The van der Waals surface area contributed by atoms with Gasteiger partial charge in [-0.15, -0.1) is 0 Å². The lowest BCUT2D eigenvalue weighted by Gasteiger charge is -2.28. The molecule has 0 fully saturated rings. The molecule has 7 aromatic rings. The average Bonchev–Trinajstić information content (AvgIpc) is 3.14. The van der Waals surface area contributed by atoms with E-state index in [1.165, 1.54) is 14.2 Å². The molecule has 0 aliphatic heterocycles. The van der Waals surface area contributed by atoms with Crippen molar-refractivity contribution in [2.45, 2.75) is 31.3 Å². The second kappa shape index (κ2) is 13.9. The first-order chi connectivity index (χ1) is 24.0. The quantitative estimate of drug-likeness (QED) is 0.109. The zero-order chi connectivity index (χ0) is 33.9. The highest BCUT2D eigenvalue weighted by Gasteiger charge is 2.35. The van der Waals surface area contributed by atoms with E-state index in [4.69, 9.17) is 18.9 Å². The molecule has 0 aliphatic carbocycles. The SMILES string of the molecule is CO[C@@H](C(=O)O[C@@H](C)[C@@H](OC(=O)[C@H](OC)c1c2ccccc2cc2ccccc12)c1ccccc1)c1c2ccccc2cc2ccccc12. The number of hydrogen-bond acceptors (Lipinski definition) is 6. The summed E-state index contributed by atoms with van der Waals surface area (Å²) in [6.07, 6.45) is -3.88. The molecule has 7 rings (SSSR count). The Morgan fingerprint density at radius 2 is 0.816 bits per heavy atom. The first kappa shape index (κ1) is 32.0. The van der Waals surface area contributed by atoms with Crippen molar-refractivity contribution < 1.29 is 28.5 Å². The molecule has 0 unspecified atom stereocenters. The first-order valence-corrected chi connectivity index (χ1v) is 16.3. The van der Waals surface area contributed by atoms with E-state index in [9.17, 15) is 9.59 Å². The molecule has 244 valence electrons. The van der Waals surface area contributed by atoms with Crippen LogP contribution in [0.2, 0.25) is 0 Å². The van der Waals surface area contributed by atoms with E-state index >= 15 is 0 Å². The maximum atomic E-state index is 14.2. The third kappa shape index (κ3) is 6.13. The smallest absolute Gasteiger partial charge is 0.340 e. The molecule has 7 aromatic carbocycles. The van der Waals surface area contributed by atoms with Gasteiger partial charge in [0.05, 0.1) is 0 Å². The fourth-order valence-electron chi connectivity index (χ4n) is 6.90. The van der Waals surface area contributed by atoms with E-state index < -0.39 is 36.4 Å². The van der Waals surface area contributed by atoms with Crippen molar-refractivity contribution in [3.63, 3.8) is 0 Å². The molecule has 0 bridgehead atoms. The molecular formula is C43H36O6. The molecule has 0 aliphatic rings. The van der Waals surface area contributed by atoms with Gasteiger partial charge in [-0.2, -0.15) is 0 Å². The van der Waals surface area contributed by atoms with Gasteiger partial charge in [-0.3, -0.25) is 0 Å². The lowest BCUT2D eigenvalue weighted by atomic mass is 9.93. The number of ether oxygens (including phenoxy) is 4. The van der Waals surface area contributed by atoms with Gasteiger partial charge in [0.2, 0.25) is 0 Å². The van der Waals surface area contributed by atoms with Crippen LogP contribution in [0, 0.1) is 0 Å². The van der Waals surface area contributed by atoms with Gasteiger partial charge in [-0.25, -0.2) is 9.59 Å². The van der Waals surface area contributed by atoms with Crippen LogP contribution in [-0.2, 0) is 28.5 Å².